The van der Waals surface area contributed by atoms with Crippen LogP contribution >= 0.6 is 0 Å². The third-order valence-corrected chi connectivity index (χ3v) is 6.66. The Morgan fingerprint density at radius 2 is 1.85 bits per heavy atom. The SMILES string of the molecule is N#CC[C@]1(n2cc(C(N)=O)c(NC(=O)C3CC3)n2)CC[C@H](NCc2ccc(C#N)cc2)CC1. The molecule has 1 aromatic carbocycles. The van der Waals surface area contributed by atoms with Crippen LogP contribution in [0, 0.1) is 28.6 Å². The van der Waals surface area contributed by atoms with Gasteiger partial charge in [-0.05, 0) is 56.2 Å². The standard InChI is InChI=1S/C24H27N7O2/c25-12-11-24(31-15-20(21(27)32)22(30-31)29-23(33)18-5-6-18)9-7-19(8-10-24)28-14-17-3-1-16(13-26)2-4-17/h1-4,15,18-19,28H,5-11,14H2,(H2,27,32)(H,29,30,33)/t19-,24-. The molecule has 9 nitrogen and oxygen atoms in total. The summed E-state index contributed by atoms with van der Waals surface area (Å²) in [5.74, 6) is -0.649. The van der Waals surface area contributed by atoms with E-state index in [9.17, 15) is 14.9 Å². The van der Waals surface area contributed by atoms with Crippen LogP contribution in [0.5, 0.6) is 0 Å². The van der Waals surface area contributed by atoms with E-state index in [1.54, 1.807) is 10.9 Å². The average molecular weight is 446 g/mol. The highest BCUT2D eigenvalue weighted by molar-refractivity contribution is 6.02. The van der Waals surface area contributed by atoms with E-state index in [2.05, 4.69) is 27.9 Å². The van der Waals surface area contributed by atoms with Gasteiger partial charge in [-0.1, -0.05) is 12.1 Å². The summed E-state index contributed by atoms with van der Waals surface area (Å²) in [6, 6.07) is 12.2. The Morgan fingerprint density at radius 1 is 1.15 bits per heavy atom. The molecule has 9 heteroatoms. The van der Waals surface area contributed by atoms with Crippen LogP contribution in [-0.2, 0) is 16.9 Å². The van der Waals surface area contributed by atoms with E-state index in [0.717, 1.165) is 31.2 Å². The summed E-state index contributed by atoms with van der Waals surface area (Å²) in [6.45, 7) is 0.701. The van der Waals surface area contributed by atoms with Crippen LogP contribution in [-0.4, -0.2) is 27.6 Å². The second kappa shape index (κ2) is 9.43. The maximum Gasteiger partial charge on any atom is 0.254 e. The van der Waals surface area contributed by atoms with Crippen molar-refractivity contribution in [3.8, 4) is 12.1 Å². The van der Waals surface area contributed by atoms with E-state index in [1.807, 2.05) is 24.3 Å². The summed E-state index contributed by atoms with van der Waals surface area (Å²) < 4.78 is 1.68. The number of hydrogen-bond acceptors (Lipinski definition) is 6. The number of carbonyl (C=O) groups excluding carboxylic acids is 2. The maximum atomic E-state index is 12.2. The molecule has 1 heterocycles. The summed E-state index contributed by atoms with van der Waals surface area (Å²) in [5, 5.41) is 29.3. The normalized spacial score (nSPS) is 22.2. The molecule has 2 saturated carbocycles. The van der Waals surface area contributed by atoms with E-state index in [1.165, 1.54) is 0 Å². The molecule has 170 valence electrons. The molecule has 2 aromatic rings. The first kappa shape index (κ1) is 22.5. The quantitative estimate of drug-likeness (QED) is 0.568. The molecule has 2 amide bonds. The summed E-state index contributed by atoms with van der Waals surface area (Å²) in [4.78, 5) is 24.2. The zero-order valence-electron chi connectivity index (χ0n) is 18.4. The molecular formula is C24H27N7O2. The minimum atomic E-state index is -0.655. The van der Waals surface area contributed by atoms with Crippen LogP contribution in [0.3, 0.4) is 0 Å². The molecule has 0 radical (unpaired) electrons. The van der Waals surface area contributed by atoms with Gasteiger partial charge in [-0.3, -0.25) is 14.3 Å². The van der Waals surface area contributed by atoms with Gasteiger partial charge in [0.05, 0.1) is 29.7 Å². The number of aromatic nitrogens is 2. The van der Waals surface area contributed by atoms with Crippen LogP contribution < -0.4 is 16.4 Å². The van der Waals surface area contributed by atoms with Crippen molar-refractivity contribution in [2.75, 3.05) is 5.32 Å². The average Bonchev–Trinajstić information content (AvgIpc) is 3.59. The number of amides is 2. The number of carbonyl (C=O) groups is 2. The van der Waals surface area contributed by atoms with Crippen LogP contribution in [0.15, 0.2) is 30.5 Å². The number of rotatable bonds is 8. The Kier molecular flexibility index (Phi) is 6.43. The van der Waals surface area contributed by atoms with Crippen LogP contribution in [0.2, 0.25) is 0 Å². The van der Waals surface area contributed by atoms with E-state index < -0.39 is 11.4 Å². The van der Waals surface area contributed by atoms with E-state index in [4.69, 9.17) is 11.0 Å². The molecule has 0 saturated heterocycles. The van der Waals surface area contributed by atoms with Gasteiger partial charge in [-0.15, -0.1) is 0 Å². The number of primary amides is 1. The molecule has 2 fully saturated rings. The van der Waals surface area contributed by atoms with Crippen LogP contribution in [0.4, 0.5) is 5.82 Å². The fourth-order valence-corrected chi connectivity index (χ4v) is 4.41. The molecule has 0 bridgehead atoms. The minimum absolute atomic E-state index is 0.0263. The van der Waals surface area contributed by atoms with E-state index >= 15 is 0 Å². The van der Waals surface area contributed by atoms with Crippen molar-refractivity contribution >= 4 is 17.6 Å². The monoisotopic (exact) mass is 445 g/mol. The first-order valence-corrected chi connectivity index (χ1v) is 11.2. The molecule has 0 unspecified atom stereocenters. The van der Waals surface area contributed by atoms with Gasteiger partial charge in [0.2, 0.25) is 5.91 Å². The van der Waals surface area contributed by atoms with Crippen molar-refractivity contribution in [1.82, 2.24) is 15.1 Å². The molecule has 1 aromatic heterocycles. The Hall–Kier alpha value is -3.69. The Balaban J connectivity index is 1.44. The van der Waals surface area contributed by atoms with Gasteiger partial charge in [0.1, 0.15) is 5.56 Å². The second-order valence-electron chi connectivity index (χ2n) is 8.99. The lowest BCUT2D eigenvalue weighted by Crippen LogP contribution is -2.43. The van der Waals surface area contributed by atoms with Gasteiger partial charge in [-0.2, -0.15) is 15.6 Å². The summed E-state index contributed by atoms with van der Waals surface area (Å²) in [6.07, 6.45) is 6.61. The predicted molar refractivity (Wildman–Crippen MR) is 121 cm³/mol. The van der Waals surface area contributed by atoms with Crippen LogP contribution in [0.25, 0.3) is 0 Å². The van der Waals surface area contributed by atoms with Crippen LogP contribution in [0.1, 0.15) is 66.4 Å². The van der Waals surface area contributed by atoms with Gasteiger partial charge in [0.15, 0.2) is 5.82 Å². The number of nitrogens with one attached hydrogen (secondary N) is 2. The molecular weight excluding hydrogens is 418 g/mol. The Bertz CT molecular complexity index is 1110. The van der Waals surface area contributed by atoms with Crippen molar-refractivity contribution < 1.29 is 9.59 Å². The highest BCUT2D eigenvalue weighted by Crippen LogP contribution is 2.39. The first-order valence-electron chi connectivity index (χ1n) is 11.2. The summed E-state index contributed by atoms with van der Waals surface area (Å²) in [5.41, 5.74) is 6.91. The van der Waals surface area contributed by atoms with Crippen molar-refractivity contribution in [3.63, 3.8) is 0 Å². The molecule has 0 atom stereocenters. The zero-order chi connectivity index (χ0) is 23.4. The summed E-state index contributed by atoms with van der Waals surface area (Å²) in [7, 11) is 0. The third kappa shape index (κ3) is 5.05. The van der Waals surface area contributed by atoms with Gasteiger partial charge in [-0.25, -0.2) is 0 Å². The molecule has 33 heavy (non-hydrogen) atoms. The molecule has 2 aliphatic carbocycles. The van der Waals surface area contributed by atoms with Gasteiger partial charge < -0.3 is 16.4 Å². The lowest BCUT2D eigenvalue weighted by molar-refractivity contribution is -0.117. The van der Waals surface area contributed by atoms with Crippen molar-refractivity contribution in [1.29, 1.82) is 10.5 Å². The topological polar surface area (TPSA) is 150 Å². The lowest BCUT2D eigenvalue weighted by Gasteiger charge is -2.39. The Morgan fingerprint density at radius 3 is 2.42 bits per heavy atom. The predicted octanol–water partition coefficient (Wildman–Crippen LogP) is 2.54. The number of nitrogens with zero attached hydrogens (tertiary/aromatic N) is 4. The molecule has 2 aliphatic rings. The maximum absolute atomic E-state index is 12.2. The highest BCUT2D eigenvalue weighted by atomic mass is 16.2. The number of anilines is 1. The number of benzene rings is 1. The second-order valence-corrected chi connectivity index (χ2v) is 8.99. The number of hydrogen-bond donors (Lipinski definition) is 3. The molecule has 0 aliphatic heterocycles. The zero-order valence-corrected chi connectivity index (χ0v) is 18.4. The van der Waals surface area contributed by atoms with Crippen molar-refractivity contribution in [2.45, 2.75) is 63.1 Å². The van der Waals surface area contributed by atoms with Gasteiger partial charge >= 0.3 is 0 Å². The fraction of sp³-hybridized carbons (Fsp3) is 0.458. The number of nitriles is 2. The highest BCUT2D eigenvalue weighted by Gasteiger charge is 2.39. The minimum Gasteiger partial charge on any atom is -0.365 e. The van der Waals surface area contributed by atoms with E-state index in [-0.39, 0.29) is 35.7 Å². The smallest absolute Gasteiger partial charge is 0.254 e. The third-order valence-electron chi connectivity index (χ3n) is 6.66. The first-order chi connectivity index (χ1) is 15.9. The lowest BCUT2D eigenvalue weighted by atomic mass is 9.77. The largest absolute Gasteiger partial charge is 0.365 e. The van der Waals surface area contributed by atoms with Gasteiger partial charge in [0.25, 0.3) is 5.91 Å². The number of nitrogens with two attached hydrogens (primary N) is 1. The van der Waals surface area contributed by atoms with Crippen molar-refractivity contribution in [3.05, 3.63) is 47.2 Å². The molecule has 4 N–H and O–H groups in total. The van der Waals surface area contributed by atoms with Crippen molar-refractivity contribution in [2.24, 2.45) is 11.7 Å². The molecule has 0 spiro atoms. The van der Waals surface area contributed by atoms with E-state index in [0.29, 0.717) is 24.9 Å². The van der Waals surface area contributed by atoms with Gasteiger partial charge in [0, 0.05) is 24.7 Å². The Labute approximate surface area is 192 Å². The fourth-order valence-electron chi connectivity index (χ4n) is 4.41. The summed E-state index contributed by atoms with van der Waals surface area (Å²) >= 11 is 0. The molecule has 4 rings (SSSR count).